The minimum absolute atomic E-state index is 0.112. The zero-order chi connectivity index (χ0) is 8.27. The normalized spacial score (nSPS) is 9.18. The van der Waals surface area contributed by atoms with E-state index in [1.54, 1.807) is 0 Å². The smallest absolute Gasteiger partial charge is 0.341 e. The lowest BCUT2D eigenvalue weighted by atomic mass is 10.2. The molecule has 57 valence electrons. The van der Waals surface area contributed by atoms with E-state index in [1.807, 2.05) is 0 Å². The quantitative estimate of drug-likeness (QED) is 0.608. The molecule has 3 nitrogen and oxygen atoms in total. The van der Waals surface area contributed by atoms with Crippen LogP contribution < -0.4 is 0 Å². The van der Waals surface area contributed by atoms with Gasteiger partial charge in [-0.2, -0.15) is 0 Å². The van der Waals surface area contributed by atoms with Gasteiger partial charge in [-0.25, -0.2) is 4.79 Å². The van der Waals surface area contributed by atoms with Gasteiger partial charge in [-0.15, -0.1) is 0 Å². The van der Waals surface area contributed by atoms with Crippen LogP contribution in [0.2, 0.25) is 0 Å². The highest BCUT2D eigenvalue weighted by atomic mass is 16.5. The van der Waals surface area contributed by atoms with Crippen LogP contribution in [0, 0.1) is 6.07 Å². The number of carbonyl (C=O) groups excluding carboxylic acids is 1. The topological polar surface area (TPSA) is 46.5 Å². The maximum atomic E-state index is 10.8. The highest BCUT2D eigenvalue weighted by Gasteiger charge is 2.08. The molecule has 11 heavy (non-hydrogen) atoms. The van der Waals surface area contributed by atoms with Crippen LogP contribution in [-0.4, -0.2) is 18.2 Å². The molecule has 0 saturated carbocycles. The summed E-state index contributed by atoms with van der Waals surface area (Å²) in [6, 6.07) is 6.91. The van der Waals surface area contributed by atoms with Crippen molar-refractivity contribution >= 4 is 5.97 Å². The molecule has 3 heteroatoms. The van der Waals surface area contributed by atoms with Crippen molar-refractivity contribution in [3.63, 3.8) is 0 Å². The molecule has 1 aromatic carbocycles. The summed E-state index contributed by atoms with van der Waals surface area (Å²) in [5, 5.41) is 9.08. The Labute approximate surface area is 64.2 Å². The number of carbonyl (C=O) groups is 1. The van der Waals surface area contributed by atoms with E-state index < -0.39 is 5.97 Å². The third kappa shape index (κ3) is 1.49. The van der Waals surface area contributed by atoms with Crippen LogP contribution in [-0.2, 0) is 4.74 Å². The maximum Gasteiger partial charge on any atom is 0.341 e. The average molecular weight is 151 g/mol. The Morgan fingerprint density at radius 3 is 3.00 bits per heavy atom. The van der Waals surface area contributed by atoms with Crippen molar-refractivity contribution in [1.29, 1.82) is 0 Å². The Bertz CT molecular complexity index is 268. The van der Waals surface area contributed by atoms with Crippen LogP contribution >= 0.6 is 0 Å². The minimum Gasteiger partial charge on any atom is -0.507 e. The van der Waals surface area contributed by atoms with Crippen LogP contribution in [0.5, 0.6) is 5.75 Å². The maximum absolute atomic E-state index is 10.8. The highest BCUT2D eigenvalue weighted by Crippen LogP contribution is 2.15. The highest BCUT2D eigenvalue weighted by molar-refractivity contribution is 5.92. The van der Waals surface area contributed by atoms with E-state index in [0.717, 1.165) is 0 Å². The summed E-state index contributed by atoms with van der Waals surface area (Å²) in [5.74, 6) is -0.657. The fraction of sp³-hybridized carbons (Fsp3) is 0.125. The molecule has 0 aliphatic heterocycles. The van der Waals surface area contributed by atoms with Gasteiger partial charge in [0.1, 0.15) is 11.3 Å². The molecular formula is C8H7O3. The molecule has 0 fully saturated rings. The van der Waals surface area contributed by atoms with Gasteiger partial charge < -0.3 is 9.84 Å². The fourth-order valence-corrected chi connectivity index (χ4v) is 0.704. The monoisotopic (exact) mass is 151 g/mol. The van der Waals surface area contributed by atoms with E-state index in [4.69, 9.17) is 5.11 Å². The molecule has 0 spiro atoms. The fourth-order valence-electron chi connectivity index (χ4n) is 0.704. The number of hydrogen-bond donors (Lipinski definition) is 1. The Balaban J connectivity index is 3.03. The van der Waals surface area contributed by atoms with Gasteiger partial charge in [-0.05, 0) is 18.2 Å². The molecule has 0 unspecified atom stereocenters. The molecule has 0 heterocycles. The molecule has 1 aromatic rings. The molecule has 1 radical (unpaired) electrons. The Kier molecular flexibility index (Phi) is 2.11. The Hall–Kier alpha value is -1.51. The first-order valence-electron chi connectivity index (χ1n) is 3.03. The van der Waals surface area contributed by atoms with E-state index in [0.29, 0.717) is 0 Å². The second-order valence-electron chi connectivity index (χ2n) is 1.93. The first-order valence-corrected chi connectivity index (χ1v) is 3.03. The standard InChI is InChI=1S/C8H7O3/c1-11-8(10)6-4-2-3-5-7(6)9/h2,4-5,9H,1H3. The SMILES string of the molecule is COC(=O)c1cc[c]cc1O. The summed E-state index contributed by atoms with van der Waals surface area (Å²) < 4.78 is 4.40. The molecule has 0 amide bonds. The van der Waals surface area contributed by atoms with Gasteiger partial charge in [0.2, 0.25) is 0 Å². The second kappa shape index (κ2) is 3.05. The van der Waals surface area contributed by atoms with Crippen molar-refractivity contribution in [1.82, 2.24) is 0 Å². The summed E-state index contributed by atoms with van der Waals surface area (Å²) in [5.41, 5.74) is 0.159. The van der Waals surface area contributed by atoms with Gasteiger partial charge >= 0.3 is 5.97 Å². The van der Waals surface area contributed by atoms with E-state index in [-0.39, 0.29) is 11.3 Å². The summed E-state index contributed by atoms with van der Waals surface area (Å²) in [4.78, 5) is 10.8. The zero-order valence-electron chi connectivity index (χ0n) is 6.00. The van der Waals surface area contributed by atoms with Crippen LogP contribution in [0.25, 0.3) is 0 Å². The van der Waals surface area contributed by atoms with Crippen LogP contribution in [0.3, 0.4) is 0 Å². The first kappa shape index (κ1) is 7.60. The van der Waals surface area contributed by atoms with E-state index in [1.165, 1.54) is 25.3 Å². The number of phenolic OH excluding ortho intramolecular Hbond substituents is 1. The van der Waals surface area contributed by atoms with Crippen molar-refractivity contribution in [2.24, 2.45) is 0 Å². The van der Waals surface area contributed by atoms with Gasteiger partial charge in [0, 0.05) is 0 Å². The summed E-state index contributed by atoms with van der Waals surface area (Å²) >= 11 is 0. The molecular weight excluding hydrogens is 144 g/mol. The number of hydrogen-bond acceptors (Lipinski definition) is 3. The Morgan fingerprint density at radius 2 is 2.45 bits per heavy atom. The molecule has 0 aromatic heterocycles. The summed E-state index contributed by atoms with van der Waals surface area (Å²) in [6.07, 6.45) is 0. The van der Waals surface area contributed by atoms with Gasteiger partial charge in [0.25, 0.3) is 0 Å². The minimum atomic E-state index is -0.545. The van der Waals surface area contributed by atoms with E-state index in [2.05, 4.69) is 10.8 Å². The first-order chi connectivity index (χ1) is 5.25. The molecule has 0 bridgehead atoms. The second-order valence-corrected chi connectivity index (χ2v) is 1.93. The van der Waals surface area contributed by atoms with Crippen molar-refractivity contribution in [3.8, 4) is 5.75 Å². The number of ether oxygens (including phenoxy) is 1. The zero-order valence-corrected chi connectivity index (χ0v) is 6.00. The number of rotatable bonds is 1. The lowest BCUT2D eigenvalue weighted by Crippen LogP contribution is -2.00. The number of phenols is 1. The van der Waals surface area contributed by atoms with Crippen molar-refractivity contribution < 1.29 is 14.6 Å². The van der Waals surface area contributed by atoms with Crippen molar-refractivity contribution in [3.05, 3.63) is 29.8 Å². The van der Waals surface area contributed by atoms with Gasteiger partial charge in [-0.1, -0.05) is 6.07 Å². The number of methoxy groups -OCH3 is 1. The number of esters is 1. The van der Waals surface area contributed by atoms with Crippen LogP contribution in [0.15, 0.2) is 18.2 Å². The van der Waals surface area contributed by atoms with Crippen LogP contribution in [0.4, 0.5) is 0 Å². The largest absolute Gasteiger partial charge is 0.507 e. The molecule has 0 aliphatic rings. The van der Waals surface area contributed by atoms with Crippen molar-refractivity contribution in [2.45, 2.75) is 0 Å². The average Bonchev–Trinajstić information content (AvgIpc) is 2.04. The Morgan fingerprint density at radius 1 is 1.73 bits per heavy atom. The number of benzene rings is 1. The lowest BCUT2D eigenvalue weighted by Gasteiger charge is -1.99. The van der Waals surface area contributed by atoms with Gasteiger partial charge in [0.05, 0.1) is 7.11 Å². The summed E-state index contributed by atoms with van der Waals surface area (Å²) in [6.45, 7) is 0. The van der Waals surface area contributed by atoms with Gasteiger partial charge in [0.15, 0.2) is 0 Å². The lowest BCUT2D eigenvalue weighted by molar-refractivity contribution is 0.0597. The van der Waals surface area contributed by atoms with E-state index in [9.17, 15) is 4.79 Å². The summed E-state index contributed by atoms with van der Waals surface area (Å²) in [7, 11) is 1.26. The van der Waals surface area contributed by atoms with Crippen molar-refractivity contribution in [2.75, 3.05) is 7.11 Å². The number of aromatic hydroxyl groups is 1. The van der Waals surface area contributed by atoms with Crippen LogP contribution in [0.1, 0.15) is 10.4 Å². The predicted molar refractivity (Wildman–Crippen MR) is 38.3 cm³/mol. The molecule has 0 saturated heterocycles. The molecule has 1 N–H and O–H groups in total. The molecule has 1 rings (SSSR count). The van der Waals surface area contributed by atoms with E-state index >= 15 is 0 Å². The third-order valence-electron chi connectivity index (χ3n) is 1.25. The predicted octanol–water partition coefficient (Wildman–Crippen LogP) is 0.979. The van der Waals surface area contributed by atoms with Gasteiger partial charge in [-0.3, -0.25) is 0 Å². The molecule has 0 aliphatic carbocycles. The molecule has 0 atom stereocenters. The third-order valence-corrected chi connectivity index (χ3v) is 1.25.